The number of amides is 1. The van der Waals surface area contributed by atoms with Crippen molar-refractivity contribution in [2.45, 2.75) is 50.2 Å². The zero-order chi connectivity index (χ0) is 18.0. The average molecular weight is 353 g/mol. The Morgan fingerprint density at radius 2 is 2.15 bits per heavy atom. The summed E-state index contributed by atoms with van der Waals surface area (Å²) in [5.41, 5.74) is 0.649. The van der Waals surface area contributed by atoms with Gasteiger partial charge >= 0.3 is 0 Å². The molecule has 136 valence electrons. The summed E-state index contributed by atoms with van der Waals surface area (Å²) >= 11 is 0. The van der Waals surface area contributed by atoms with Crippen LogP contribution in [0.2, 0.25) is 0 Å². The van der Waals surface area contributed by atoms with Crippen molar-refractivity contribution >= 4 is 5.91 Å². The number of hydrogen-bond donors (Lipinski definition) is 0. The van der Waals surface area contributed by atoms with Crippen LogP contribution in [-0.4, -0.2) is 36.2 Å². The van der Waals surface area contributed by atoms with Crippen LogP contribution in [0.4, 0.5) is 0 Å². The molecule has 4 rings (SSSR count). The summed E-state index contributed by atoms with van der Waals surface area (Å²) < 4.78 is 11.5. The standard InChI is InChI=1S/C20H23N3O3/c1-2-3-10-20(21-22-20)11-9-18(24)23-12-5-7-16(23)15-6-4-8-17-19(15)26-14-13-25-17/h1,4,6,8,16H,3,5,7,9-14H2. The maximum absolute atomic E-state index is 12.9. The molecule has 1 aromatic carbocycles. The minimum absolute atomic E-state index is 0.0499. The first-order valence-corrected chi connectivity index (χ1v) is 9.28. The highest BCUT2D eigenvalue weighted by molar-refractivity contribution is 5.77. The van der Waals surface area contributed by atoms with Gasteiger partial charge in [-0.2, -0.15) is 10.2 Å². The lowest BCUT2D eigenvalue weighted by atomic mass is 10.00. The molecular weight excluding hydrogens is 330 g/mol. The molecule has 1 fully saturated rings. The lowest BCUT2D eigenvalue weighted by molar-refractivity contribution is -0.132. The molecule has 1 unspecified atom stereocenters. The van der Waals surface area contributed by atoms with E-state index in [0.29, 0.717) is 32.5 Å². The van der Waals surface area contributed by atoms with E-state index in [1.807, 2.05) is 23.1 Å². The summed E-state index contributed by atoms with van der Waals surface area (Å²) in [6, 6.07) is 5.99. The van der Waals surface area contributed by atoms with E-state index in [1.165, 1.54) is 0 Å². The highest BCUT2D eigenvalue weighted by atomic mass is 16.6. The molecule has 0 spiro atoms. The summed E-state index contributed by atoms with van der Waals surface area (Å²) in [6.07, 6.45) is 9.73. The van der Waals surface area contributed by atoms with Crippen LogP contribution in [0.3, 0.4) is 0 Å². The molecule has 0 bridgehead atoms. The molecule has 0 saturated carbocycles. The Morgan fingerprint density at radius 1 is 1.31 bits per heavy atom. The monoisotopic (exact) mass is 353 g/mol. The number of rotatable bonds is 6. The topological polar surface area (TPSA) is 63.5 Å². The van der Waals surface area contributed by atoms with E-state index in [4.69, 9.17) is 15.9 Å². The molecule has 3 aliphatic rings. The minimum Gasteiger partial charge on any atom is -0.486 e. The third-order valence-electron chi connectivity index (χ3n) is 5.32. The highest BCUT2D eigenvalue weighted by Crippen LogP contribution is 2.43. The summed E-state index contributed by atoms with van der Waals surface area (Å²) in [5, 5.41) is 8.25. The Kier molecular flexibility index (Phi) is 4.54. The van der Waals surface area contributed by atoms with Gasteiger partial charge in [0.05, 0.1) is 6.04 Å². The second kappa shape index (κ2) is 6.99. The Morgan fingerprint density at radius 3 is 2.96 bits per heavy atom. The maximum Gasteiger partial charge on any atom is 0.223 e. The fraction of sp³-hybridized carbons (Fsp3) is 0.550. The number of hydrogen-bond acceptors (Lipinski definition) is 5. The number of carbonyl (C=O) groups excluding carboxylic acids is 1. The molecule has 26 heavy (non-hydrogen) atoms. The van der Waals surface area contributed by atoms with E-state index in [1.54, 1.807) is 0 Å². The van der Waals surface area contributed by atoms with Crippen molar-refractivity contribution in [3.05, 3.63) is 23.8 Å². The van der Waals surface area contributed by atoms with Crippen molar-refractivity contribution in [2.75, 3.05) is 19.8 Å². The van der Waals surface area contributed by atoms with E-state index in [-0.39, 0.29) is 11.9 Å². The average Bonchev–Trinajstić information content (AvgIpc) is 3.28. The van der Waals surface area contributed by atoms with Gasteiger partial charge in [0.2, 0.25) is 5.91 Å². The molecule has 0 radical (unpaired) electrons. The fourth-order valence-electron chi connectivity index (χ4n) is 3.87. The second-order valence-electron chi connectivity index (χ2n) is 7.00. The van der Waals surface area contributed by atoms with Crippen molar-refractivity contribution in [1.29, 1.82) is 0 Å². The SMILES string of the molecule is C#CCCC1(CCC(=O)N2CCCC2c2cccc3c2OCCO3)N=N1. The number of fused-ring (bicyclic) bond motifs is 1. The van der Waals surface area contributed by atoms with Gasteiger partial charge < -0.3 is 14.4 Å². The van der Waals surface area contributed by atoms with E-state index in [2.05, 4.69) is 16.1 Å². The number of carbonyl (C=O) groups is 1. The predicted molar refractivity (Wildman–Crippen MR) is 96.0 cm³/mol. The van der Waals surface area contributed by atoms with Crippen LogP contribution in [0, 0.1) is 12.3 Å². The highest BCUT2D eigenvalue weighted by Gasteiger charge is 2.41. The number of likely N-dealkylation sites (tertiary alicyclic amines) is 1. The fourth-order valence-corrected chi connectivity index (χ4v) is 3.87. The van der Waals surface area contributed by atoms with Crippen molar-refractivity contribution < 1.29 is 14.3 Å². The Hall–Kier alpha value is -2.55. The molecule has 0 N–H and O–H groups in total. The lowest BCUT2D eigenvalue weighted by Crippen LogP contribution is -2.32. The number of ether oxygens (including phenoxy) is 2. The molecule has 0 aliphatic carbocycles. The maximum atomic E-state index is 12.9. The zero-order valence-corrected chi connectivity index (χ0v) is 14.8. The largest absolute Gasteiger partial charge is 0.486 e. The summed E-state index contributed by atoms with van der Waals surface area (Å²) in [7, 11) is 0. The zero-order valence-electron chi connectivity index (χ0n) is 14.8. The Balaban J connectivity index is 1.44. The molecule has 1 amide bonds. The van der Waals surface area contributed by atoms with Gasteiger partial charge in [-0.15, -0.1) is 12.3 Å². The molecule has 3 heterocycles. The van der Waals surface area contributed by atoms with Crippen LogP contribution in [-0.2, 0) is 4.79 Å². The third-order valence-corrected chi connectivity index (χ3v) is 5.32. The van der Waals surface area contributed by atoms with E-state index >= 15 is 0 Å². The van der Waals surface area contributed by atoms with Gasteiger partial charge in [-0.05, 0) is 18.9 Å². The molecule has 0 aromatic heterocycles. The molecular formula is C20H23N3O3. The first kappa shape index (κ1) is 16.9. The van der Waals surface area contributed by atoms with Crippen LogP contribution in [0.15, 0.2) is 28.4 Å². The lowest BCUT2D eigenvalue weighted by Gasteiger charge is -2.29. The van der Waals surface area contributed by atoms with Crippen LogP contribution in [0.25, 0.3) is 0 Å². The van der Waals surface area contributed by atoms with Gasteiger partial charge in [0.1, 0.15) is 13.2 Å². The Labute approximate surface area is 153 Å². The summed E-state index contributed by atoms with van der Waals surface area (Å²) in [4.78, 5) is 14.9. The molecule has 3 aliphatic heterocycles. The molecule has 1 atom stereocenters. The number of nitrogens with zero attached hydrogens (tertiary/aromatic N) is 3. The van der Waals surface area contributed by atoms with Gasteiger partial charge in [-0.1, -0.05) is 12.1 Å². The number of terminal acetylenes is 1. The van der Waals surface area contributed by atoms with Crippen molar-refractivity contribution in [3.63, 3.8) is 0 Å². The van der Waals surface area contributed by atoms with Gasteiger partial charge in [-0.25, -0.2) is 0 Å². The van der Waals surface area contributed by atoms with Crippen molar-refractivity contribution in [1.82, 2.24) is 4.90 Å². The van der Waals surface area contributed by atoms with E-state index < -0.39 is 5.66 Å². The quantitative estimate of drug-likeness (QED) is 0.736. The van der Waals surface area contributed by atoms with Gasteiger partial charge in [0.25, 0.3) is 0 Å². The van der Waals surface area contributed by atoms with Crippen LogP contribution < -0.4 is 9.47 Å². The predicted octanol–water partition coefficient (Wildman–Crippen LogP) is 3.48. The van der Waals surface area contributed by atoms with Crippen molar-refractivity contribution in [3.8, 4) is 23.8 Å². The van der Waals surface area contributed by atoms with Crippen LogP contribution >= 0.6 is 0 Å². The van der Waals surface area contributed by atoms with Crippen molar-refractivity contribution in [2.24, 2.45) is 10.2 Å². The number of benzene rings is 1. The van der Waals surface area contributed by atoms with Gasteiger partial charge in [0.15, 0.2) is 17.2 Å². The molecule has 6 nitrogen and oxygen atoms in total. The Bertz CT molecular complexity index is 762. The number of para-hydroxylation sites is 1. The summed E-state index contributed by atoms with van der Waals surface area (Å²) in [5.74, 6) is 4.34. The summed E-state index contributed by atoms with van der Waals surface area (Å²) in [6.45, 7) is 1.89. The van der Waals surface area contributed by atoms with Gasteiger partial charge in [-0.3, -0.25) is 4.79 Å². The minimum atomic E-state index is -0.403. The molecule has 1 saturated heterocycles. The van der Waals surface area contributed by atoms with Crippen LogP contribution in [0.5, 0.6) is 11.5 Å². The smallest absolute Gasteiger partial charge is 0.223 e. The normalized spacial score (nSPS) is 22.1. The van der Waals surface area contributed by atoms with E-state index in [0.717, 1.165) is 42.9 Å². The van der Waals surface area contributed by atoms with Crippen LogP contribution in [0.1, 0.15) is 50.1 Å². The third kappa shape index (κ3) is 3.26. The first-order chi connectivity index (χ1) is 12.7. The van der Waals surface area contributed by atoms with E-state index in [9.17, 15) is 4.79 Å². The molecule has 6 heteroatoms. The second-order valence-corrected chi connectivity index (χ2v) is 7.00. The molecule has 1 aromatic rings. The van der Waals surface area contributed by atoms with Gasteiger partial charge in [0, 0.05) is 37.8 Å². The first-order valence-electron chi connectivity index (χ1n) is 9.28.